The van der Waals surface area contributed by atoms with Gasteiger partial charge in [-0.2, -0.15) is 11.8 Å². The Morgan fingerprint density at radius 2 is 2.07 bits per heavy atom. The van der Waals surface area contributed by atoms with Crippen LogP contribution in [0.2, 0.25) is 0 Å². The van der Waals surface area contributed by atoms with Gasteiger partial charge in [0.05, 0.1) is 6.10 Å². The Morgan fingerprint density at radius 1 is 1.29 bits per heavy atom. The SMILES string of the molecule is CSCCCCN[C@@H]1CCCC[C@H]1O. The molecule has 0 heterocycles. The molecule has 2 atom stereocenters. The van der Waals surface area contributed by atoms with Crippen molar-refractivity contribution >= 4 is 11.8 Å². The summed E-state index contributed by atoms with van der Waals surface area (Å²) in [6.07, 6.45) is 9.21. The molecule has 0 aromatic heterocycles. The van der Waals surface area contributed by atoms with Crippen molar-refractivity contribution in [3.8, 4) is 0 Å². The lowest BCUT2D eigenvalue weighted by Gasteiger charge is -2.28. The monoisotopic (exact) mass is 217 g/mol. The van der Waals surface area contributed by atoms with Crippen molar-refractivity contribution in [2.75, 3.05) is 18.6 Å². The van der Waals surface area contributed by atoms with Crippen LogP contribution < -0.4 is 5.32 Å². The summed E-state index contributed by atoms with van der Waals surface area (Å²) in [5.41, 5.74) is 0. The standard InChI is InChI=1S/C11H23NOS/c1-14-9-5-4-8-12-10-6-2-3-7-11(10)13/h10-13H,2-9H2,1H3/t10-,11-/m1/s1. The highest BCUT2D eigenvalue weighted by atomic mass is 32.2. The maximum absolute atomic E-state index is 9.71. The van der Waals surface area contributed by atoms with Crippen LogP contribution in [0, 0.1) is 0 Å². The Labute approximate surface area is 91.9 Å². The van der Waals surface area contributed by atoms with Gasteiger partial charge in [0.1, 0.15) is 0 Å². The van der Waals surface area contributed by atoms with Gasteiger partial charge in [0.2, 0.25) is 0 Å². The molecule has 1 aliphatic carbocycles. The van der Waals surface area contributed by atoms with E-state index in [4.69, 9.17) is 0 Å². The van der Waals surface area contributed by atoms with E-state index in [-0.39, 0.29) is 6.10 Å². The van der Waals surface area contributed by atoms with Crippen LogP contribution in [0.25, 0.3) is 0 Å². The molecule has 0 aromatic carbocycles. The first-order valence-corrected chi connectivity index (χ1v) is 7.14. The second-order valence-electron chi connectivity index (χ2n) is 4.11. The Balaban J connectivity index is 1.99. The number of unbranched alkanes of at least 4 members (excludes halogenated alkanes) is 1. The summed E-state index contributed by atoms with van der Waals surface area (Å²) in [6.45, 7) is 1.07. The van der Waals surface area contributed by atoms with Gasteiger partial charge in [0.15, 0.2) is 0 Å². The van der Waals surface area contributed by atoms with Crippen LogP contribution in [0.3, 0.4) is 0 Å². The number of hydrogen-bond donors (Lipinski definition) is 2. The van der Waals surface area contributed by atoms with E-state index in [9.17, 15) is 5.11 Å². The summed E-state index contributed by atoms with van der Waals surface area (Å²) < 4.78 is 0. The summed E-state index contributed by atoms with van der Waals surface area (Å²) >= 11 is 1.91. The number of rotatable bonds is 6. The average Bonchev–Trinajstić information content (AvgIpc) is 2.20. The molecule has 1 rings (SSSR count). The second-order valence-corrected chi connectivity index (χ2v) is 5.10. The predicted molar refractivity (Wildman–Crippen MR) is 63.9 cm³/mol. The van der Waals surface area contributed by atoms with Gasteiger partial charge in [-0.1, -0.05) is 12.8 Å². The molecule has 0 amide bonds. The van der Waals surface area contributed by atoms with E-state index in [1.165, 1.54) is 31.4 Å². The van der Waals surface area contributed by atoms with Crippen molar-refractivity contribution in [1.82, 2.24) is 5.32 Å². The molecule has 2 N–H and O–H groups in total. The molecular weight excluding hydrogens is 194 g/mol. The zero-order chi connectivity index (χ0) is 10.2. The number of nitrogens with one attached hydrogen (secondary N) is 1. The zero-order valence-corrected chi connectivity index (χ0v) is 9.98. The van der Waals surface area contributed by atoms with E-state index in [0.29, 0.717) is 6.04 Å². The zero-order valence-electron chi connectivity index (χ0n) is 9.17. The molecule has 0 aliphatic heterocycles. The summed E-state index contributed by atoms with van der Waals surface area (Å²) in [7, 11) is 0. The fraction of sp³-hybridized carbons (Fsp3) is 1.00. The van der Waals surface area contributed by atoms with E-state index in [2.05, 4.69) is 11.6 Å². The van der Waals surface area contributed by atoms with Crippen LogP contribution in [0.15, 0.2) is 0 Å². The van der Waals surface area contributed by atoms with Crippen molar-refractivity contribution in [3.05, 3.63) is 0 Å². The van der Waals surface area contributed by atoms with E-state index >= 15 is 0 Å². The van der Waals surface area contributed by atoms with Gasteiger partial charge in [-0.25, -0.2) is 0 Å². The van der Waals surface area contributed by atoms with Crippen molar-refractivity contribution in [1.29, 1.82) is 0 Å². The molecule has 84 valence electrons. The summed E-state index contributed by atoms with van der Waals surface area (Å²) in [4.78, 5) is 0. The lowest BCUT2D eigenvalue weighted by molar-refractivity contribution is 0.0910. The summed E-state index contributed by atoms with van der Waals surface area (Å²) in [5, 5.41) is 13.2. The highest BCUT2D eigenvalue weighted by Crippen LogP contribution is 2.18. The maximum atomic E-state index is 9.71. The quantitative estimate of drug-likeness (QED) is 0.668. The van der Waals surface area contributed by atoms with Gasteiger partial charge in [-0.3, -0.25) is 0 Å². The molecule has 14 heavy (non-hydrogen) atoms. The van der Waals surface area contributed by atoms with Crippen LogP contribution in [-0.4, -0.2) is 35.8 Å². The molecule has 3 heteroatoms. The van der Waals surface area contributed by atoms with Gasteiger partial charge < -0.3 is 10.4 Å². The first-order valence-electron chi connectivity index (χ1n) is 5.75. The second kappa shape index (κ2) is 7.55. The van der Waals surface area contributed by atoms with Crippen LogP contribution in [0.5, 0.6) is 0 Å². The van der Waals surface area contributed by atoms with E-state index in [1.807, 2.05) is 11.8 Å². The minimum absolute atomic E-state index is 0.0932. The lowest BCUT2D eigenvalue weighted by atomic mass is 9.92. The van der Waals surface area contributed by atoms with Gasteiger partial charge in [-0.05, 0) is 44.2 Å². The molecule has 0 saturated heterocycles. The summed E-state index contributed by atoms with van der Waals surface area (Å²) in [5.74, 6) is 1.26. The average molecular weight is 217 g/mol. The topological polar surface area (TPSA) is 32.3 Å². The van der Waals surface area contributed by atoms with Crippen LogP contribution in [0.4, 0.5) is 0 Å². The molecule has 0 bridgehead atoms. The highest BCUT2D eigenvalue weighted by Gasteiger charge is 2.21. The first kappa shape index (κ1) is 12.3. The van der Waals surface area contributed by atoms with Crippen molar-refractivity contribution < 1.29 is 5.11 Å². The van der Waals surface area contributed by atoms with Crippen LogP contribution in [0.1, 0.15) is 38.5 Å². The predicted octanol–water partition coefficient (Wildman–Crippen LogP) is 2.02. The minimum Gasteiger partial charge on any atom is -0.392 e. The van der Waals surface area contributed by atoms with Crippen LogP contribution in [-0.2, 0) is 0 Å². The van der Waals surface area contributed by atoms with Crippen molar-refractivity contribution in [2.45, 2.75) is 50.7 Å². The summed E-state index contributed by atoms with van der Waals surface area (Å²) in [6, 6.07) is 0.373. The van der Waals surface area contributed by atoms with E-state index < -0.39 is 0 Å². The molecule has 2 nitrogen and oxygen atoms in total. The molecular formula is C11H23NOS. The molecule has 1 saturated carbocycles. The van der Waals surface area contributed by atoms with Gasteiger partial charge >= 0.3 is 0 Å². The number of aliphatic hydroxyl groups is 1. The molecule has 1 aliphatic rings. The Kier molecular flexibility index (Phi) is 6.65. The third-order valence-corrected chi connectivity index (χ3v) is 3.61. The molecule has 0 spiro atoms. The van der Waals surface area contributed by atoms with Crippen molar-refractivity contribution in [2.24, 2.45) is 0 Å². The van der Waals surface area contributed by atoms with Gasteiger partial charge in [0, 0.05) is 6.04 Å². The third kappa shape index (κ3) is 4.67. The molecule has 0 aromatic rings. The molecule has 1 fully saturated rings. The highest BCUT2D eigenvalue weighted by molar-refractivity contribution is 7.98. The normalized spacial score (nSPS) is 27.9. The maximum Gasteiger partial charge on any atom is 0.0693 e. The Morgan fingerprint density at radius 3 is 2.79 bits per heavy atom. The third-order valence-electron chi connectivity index (χ3n) is 2.91. The van der Waals surface area contributed by atoms with Gasteiger partial charge in [-0.15, -0.1) is 0 Å². The lowest BCUT2D eigenvalue weighted by Crippen LogP contribution is -2.42. The van der Waals surface area contributed by atoms with Crippen molar-refractivity contribution in [3.63, 3.8) is 0 Å². The minimum atomic E-state index is -0.0932. The number of thioether (sulfide) groups is 1. The Bertz CT molecular complexity index is 143. The molecule has 0 unspecified atom stereocenters. The smallest absolute Gasteiger partial charge is 0.0693 e. The molecule has 0 radical (unpaired) electrons. The van der Waals surface area contributed by atoms with Gasteiger partial charge in [0.25, 0.3) is 0 Å². The van der Waals surface area contributed by atoms with Crippen LogP contribution >= 0.6 is 11.8 Å². The first-order chi connectivity index (χ1) is 6.84. The fourth-order valence-corrected chi connectivity index (χ4v) is 2.50. The van der Waals surface area contributed by atoms with E-state index in [1.54, 1.807) is 0 Å². The van der Waals surface area contributed by atoms with E-state index in [0.717, 1.165) is 19.4 Å². The Hall–Kier alpha value is 0.270. The number of hydrogen-bond acceptors (Lipinski definition) is 3. The largest absolute Gasteiger partial charge is 0.392 e. The fourth-order valence-electron chi connectivity index (χ4n) is 2.01. The number of aliphatic hydroxyl groups excluding tert-OH is 1.